The lowest BCUT2D eigenvalue weighted by molar-refractivity contribution is 0.0951. The molecule has 0 aliphatic rings. The number of nitrogens with zero attached hydrogens (tertiary/aromatic N) is 1. The van der Waals surface area contributed by atoms with Crippen LogP contribution in [0.5, 0.6) is 0 Å². The number of nitrogens with one attached hydrogen (secondary N) is 1. The van der Waals surface area contributed by atoms with Gasteiger partial charge in [-0.05, 0) is 24.6 Å². The quantitative estimate of drug-likeness (QED) is 0.875. The Labute approximate surface area is 115 Å². The zero-order valence-corrected chi connectivity index (χ0v) is 11.5. The largest absolute Gasteiger partial charge is 0.347 e. The van der Waals surface area contributed by atoms with E-state index in [0.717, 1.165) is 16.1 Å². The summed E-state index contributed by atoms with van der Waals surface area (Å²) in [6, 6.07) is 7.33. The number of carbonyl (C=O) groups excluding carboxylic acids is 1. The van der Waals surface area contributed by atoms with Gasteiger partial charge in [-0.15, -0.1) is 22.9 Å². The van der Waals surface area contributed by atoms with Gasteiger partial charge in [-0.3, -0.25) is 4.79 Å². The van der Waals surface area contributed by atoms with Crippen LogP contribution in [0.15, 0.2) is 29.8 Å². The topological polar surface area (TPSA) is 42.0 Å². The van der Waals surface area contributed by atoms with Crippen LogP contribution in [-0.2, 0) is 12.4 Å². The van der Waals surface area contributed by atoms with Crippen LogP contribution in [0.1, 0.15) is 26.5 Å². The molecule has 0 spiro atoms. The van der Waals surface area contributed by atoms with Crippen molar-refractivity contribution < 1.29 is 4.79 Å². The fourth-order valence-electron chi connectivity index (χ4n) is 1.55. The van der Waals surface area contributed by atoms with E-state index in [2.05, 4.69) is 10.3 Å². The van der Waals surface area contributed by atoms with Crippen LogP contribution in [0, 0.1) is 6.92 Å². The lowest BCUT2D eigenvalue weighted by atomic mass is 10.1. The molecule has 1 aromatic heterocycles. The zero-order valence-electron chi connectivity index (χ0n) is 9.94. The number of thiazole rings is 1. The maximum absolute atomic E-state index is 11.9. The number of aryl methyl sites for hydroxylation is 1. The van der Waals surface area contributed by atoms with Gasteiger partial charge in [0.05, 0.1) is 17.7 Å². The van der Waals surface area contributed by atoms with Gasteiger partial charge in [0.2, 0.25) is 0 Å². The first-order valence-corrected chi connectivity index (χ1v) is 6.94. The van der Waals surface area contributed by atoms with Gasteiger partial charge in [0.25, 0.3) is 5.91 Å². The molecule has 1 aromatic carbocycles. The monoisotopic (exact) mass is 280 g/mol. The molecule has 0 radical (unpaired) electrons. The summed E-state index contributed by atoms with van der Waals surface area (Å²) >= 11 is 7.29. The Hall–Kier alpha value is -1.39. The number of hydrogen-bond donors (Lipinski definition) is 1. The molecule has 0 saturated carbocycles. The third kappa shape index (κ3) is 3.09. The van der Waals surface area contributed by atoms with E-state index < -0.39 is 0 Å². The molecule has 5 heteroatoms. The zero-order chi connectivity index (χ0) is 13.0. The van der Waals surface area contributed by atoms with Gasteiger partial charge in [-0.1, -0.05) is 12.1 Å². The minimum atomic E-state index is -0.0882. The Morgan fingerprint density at radius 2 is 2.33 bits per heavy atom. The molecular weight excluding hydrogens is 268 g/mol. The highest BCUT2D eigenvalue weighted by Crippen LogP contribution is 2.12. The van der Waals surface area contributed by atoms with Crippen molar-refractivity contribution in [3.05, 3.63) is 51.5 Å². The molecule has 3 nitrogen and oxygen atoms in total. The Bertz CT molecular complexity index is 553. The van der Waals surface area contributed by atoms with Gasteiger partial charge in [0, 0.05) is 16.3 Å². The highest BCUT2D eigenvalue weighted by molar-refractivity contribution is 7.09. The van der Waals surface area contributed by atoms with Crippen molar-refractivity contribution in [3.63, 3.8) is 0 Å². The molecular formula is C13H13ClN2OS. The van der Waals surface area contributed by atoms with Crippen molar-refractivity contribution >= 4 is 28.8 Å². The van der Waals surface area contributed by atoms with E-state index in [1.54, 1.807) is 22.9 Å². The number of aromatic nitrogens is 1. The Kier molecular flexibility index (Phi) is 4.33. The molecule has 0 aliphatic carbocycles. The molecule has 1 amide bonds. The van der Waals surface area contributed by atoms with Crippen LogP contribution < -0.4 is 5.32 Å². The molecule has 18 heavy (non-hydrogen) atoms. The minimum Gasteiger partial charge on any atom is -0.347 e. The SMILES string of the molecule is Cc1ncsc1CNC(=O)c1cccc(CCl)c1. The van der Waals surface area contributed by atoms with E-state index in [4.69, 9.17) is 11.6 Å². The second kappa shape index (κ2) is 5.98. The van der Waals surface area contributed by atoms with Crippen LogP contribution in [0.2, 0.25) is 0 Å². The summed E-state index contributed by atoms with van der Waals surface area (Å²) in [5, 5.41) is 2.88. The van der Waals surface area contributed by atoms with E-state index in [0.29, 0.717) is 18.0 Å². The fraction of sp³-hybridized carbons (Fsp3) is 0.231. The number of benzene rings is 1. The summed E-state index contributed by atoms with van der Waals surface area (Å²) in [6.07, 6.45) is 0. The highest BCUT2D eigenvalue weighted by Gasteiger charge is 2.07. The first kappa shape index (κ1) is 13.1. The molecule has 0 saturated heterocycles. The van der Waals surface area contributed by atoms with E-state index in [1.807, 2.05) is 25.1 Å². The number of alkyl halides is 1. The van der Waals surface area contributed by atoms with E-state index >= 15 is 0 Å². The number of halogens is 1. The van der Waals surface area contributed by atoms with Crippen LogP contribution in [-0.4, -0.2) is 10.9 Å². The molecule has 0 fully saturated rings. The lowest BCUT2D eigenvalue weighted by Gasteiger charge is -2.05. The Balaban J connectivity index is 2.01. The van der Waals surface area contributed by atoms with Crippen LogP contribution in [0.4, 0.5) is 0 Å². The molecule has 2 rings (SSSR count). The van der Waals surface area contributed by atoms with Gasteiger partial charge < -0.3 is 5.32 Å². The average Bonchev–Trinajstić information content (AvgIpc) is 2.81. The summed E-state index contributed by atoms with van der Waals surface area (Å²) in [4.78, 5) is 17.2. The summed E-state index contributed by atoms with van der Waals surface area (Å²) in [7, 11) is 0. The smallest absolute Gasteiger partial charge is 0.251 e. The van der Waals surface area contributed by atoms with Crippen LogP contribution in [0.25, 0.3) is 0 Å². The average molecular weight is 281 g/mol. The fourth-order valence-corrected chi connectivity index (χ4v) is 2.44. The normalized spacial score (nSPS) is 10.3. The van der Waals surface area contributed by atoms with Crippen molar-refractivity contribution in [3.8, 4) is 0 Å². The first-order valence-electron chi connectivity index (χ1n) is 5.53. The van der Waals surface area contributed by atoms with Crippen molar-refractivity contribution in [2.24, 2.45) is 0 Å². The molecule has 0 unspecified atom stereocenters. The van der Waals surface area contributed by atoms with Gasteiger partial charge in [0.15, 0.2) is 0 Å². The number of hydrogen-bond acceptors (Lipinski definition) is 3. The predicted octanol–water partition coefficient (Wildman–Crippen LogP) is 3.12. The van der Waals surface area contributed by atoms with Gasteiger partial charge in [0.1, 0.15) is 0 Å². The first-order chi connectivity index (χ1) is 8.70. The van der Waals surface area contributed by atoms with Crippen molar-refractivity contribution in [1.29, 1.82) is 0 Å². The lowest BCUT2D eigenvalue weighted by Crippen LogP contribution is -2.22. The number of amides is 1. The summed E-state index contributed by atoms with van der Waals surface area (Å²) in [5.41, 5.74) is 4.33. The Morgan fingerprint density at radius 3 is 3.00 bits per heavy atom. The van der Waals surface area contributed by atoms with Gasteiger partial charge in [-0.2, -0.15) is 0 Å². The van der Waals surface area contributed by atoms with E-state index in [9.17, 15) is 4.79 Å². The molecule has 94 valence electrons. The third-order valence-corrected chi connectivity index (χ3v) is 3.84. The molecule has 0 atom stereocenters. The third-order valence-electron chi connectivity index (χ3n) is 2.60. The molecule has 1 heterocycles. The summed E-state index contributed by atoms with van der Waals surface area (Å²) in [5.74, 6) is 0.324. The maximum Gasteiger partial charge on any atom is 0.251 e. The highest BCUT2D eigenvalue weighted by atomic mass is 35.5. The van der Waals surface area contributed by atoms with Gasteiger partial charge in [-0.25, -0.2) is 4.98 Å². The van der Waals surface area contributed by atoms with Crippen molar-refractivity contribution in [2.45, 2.75) is 19.3 Å². The number of carbonyl (C=O) groups is 1. The van der Waals surface area contributed by atoms with Crippen LogP contribution >= 0.6 is 22.9 Å². The van der Waals surface area contributed by atoms with Crippen molar-refractivity contribution in [2.75, 3.05) is 0 Å². The summed E-state index contributed by atoms with van der Waals surface area (Å²) < 4.78 is 0. The van der Waals surface area contributed by atoms with E-state index in [1.165, 1.54) is 0 Å². The number of rotatable bonds is 4. The summed E-state index contributed by atoms with van der Waals surface area (Å²) in [6.45, 7) is 2.45. The maximum atomic E-state index is 11.9. The minimum absolute atomic E-state index is 0.0882. The van der Waals surface area contributed by atoms with Gasteiger partial charge >= 0.3 is 0 Å². The van der Waals surface area contributed by atoms with E-state index in [-0.39, 0.29) is 5.91 Å². The standard InChI is InChI=1S/C13H13ClN2OS/c1-9-12(18-8-16-9)7-15-13(17)11-4-2-3-10(5-11)6-14/h2-5,8H,6-7H2,1H3,(H,15,17). The molecule has 0 aliphatic heterocycles. The molecule has 1 N–H and O–H groups in total. The second-order valence-corrected chi connectivity index (χ2v) is 5.08. The Morgan fingerprint density at radius 1 is 1.50 bits per heavy atom. The molecule has 0 bridgehead atoms. The molecule has 2 aromatic rings. The van der Waals surface area contributed by atoms with Crippen LogP contribution in [0.3, 0.4) is 0 Å². The second-order valence-electron chi connectivity index (χ2n) is 3.88. The van der Waals surface area contributed by atoms with Crippen molar-refractivity contribution in [1.82, 2.24) is 10.3 Å². The predicted molar refractivity (Wildman–Crippen MR) is 74.0 cm³/mol.